The molecular weight excluding hydrogens is 464 g/mol. The molecule has 0 saturated heterocycles. The molecule has 0 aromatic carbocycles. The number of aliphatic imine (C=N–C) groups is 1. The van der Waals surface area contributed by atoms with Gasteiger partial charge in [0.05, 0.1) is 32.8 Å². The minimum atomic E-state index is -0.314. The van der Waals surface area contributed by atoms with Crippen molar-refractivity contribution in [1.29, 1.82) is 0 Å². The minimum Gasteiger partial charge on any atom is -0.463 e. The summed E-state index contributed by atoms with van der Waals surface area (Å²) in [6.45, 7) is 12.6. The van der Waals surface area contributed by atoms with Crippen molar-refractivity contribution in [1.82, 2.24) is 0 Å². The van der Waals surface area contributed by atoms with E-state index in [0.29, 0.717) is 13.2 Å². The Bertz CT molecular complexity index is 603. The Labute approximate surface area is 227 Å². The molecule has 37 heavy (non-hydrogen) atoms. The monoisotopic (exact) mass is 519 g/mol. The molecule has 1 heterocycles. The van der Waals surface area contributed by atoms with Gasteiger partial charge in [0.15, 0.2) is 6.34 Å². The Morgan fingerprint density at radius 1 is 0.622 bits per heavy atom. The molecule has 0 aliphatic carbocycles. The average Bonchev–Trinajstić information content (AvgIpc) is 3.38. The lowest BCUT2D eigenvalue weighted by molar-refractivity contribution is -0.829. The molecule has 0 radical (unpaired) electrons. The summed E-state index contributed by atoms with van der Waals surface area (Å²) in [5.41, 5.74) is 0. The fourth-order valence-corrected chi connectivity index (χ4v) is 4.99. The van der Waals surface area contributed by atoms with Crippen LogP contribution in [0.2, 0.25) is 0 Å². The number of unbranched alkanes of at least 4 members (excludes halogenated alkanes) is 16. The Morgan fingerprint density at radius 3 is 1.30 bits per heavy atom. The van der Waals surface area contributed by atoms with Gasteiger partial charge in [-0.05, 0) is 38.5 Å². The van der Waals surface area contributed by atoms with Crippen LogP contribution in [-0.2, 0) is 19.1 Å². The summed E-state index contributed by atoms with van der Waals surface area (Å²) in [6.07, 6.45) is 27.2. The quantitative estimate of drug-likeness (QED) is 0.0519. The van der Waals surface area contributed by atoms with E-state index in [-0.39, 0.29) is 11.9 Å². The highest BCUT2D eigenvalue weighted by molar-refractivity contribution is 5.81. The molecule has 1 aliphatic heterocycles. The van der Waals surface area contributed by atoms with Crippen LogP contribution in [0.3, 0.4) is 0 Å². The van der Waals surface area contributed by atoms with E-state index in [9.17, 15) is 9.59 Å². The fraction of sp³-hybridized carbons (Fsp3) is 0.774. The van der Waals surface area contributed by atoms with E-state index in [0.717, 1.165) is 36.7 Å². The van der Waals surface area contributed by atoms with Gasteiger partial charge in [-0.3, -0.25) is 4.48 Å². The lowest BCUT2D eigenvalue weighted by Gasteiger charge is -2.30. The standard InChI is InChI=1S/C31H55N2O4/c1-3-30(34)36-27-21-17-13-9-5-7-11-15-19-24-33(26-23-32-29-33)25-20-16-12-8-6-10-14-18-22-28-37-31(35)4-2/h3-4,29H,1-2,5-28H2/q+1. The number of ether oxygens (including phenoxy) is 2. The van der Waals surface area contributed by atoms with E-state index in [4.69, 9.17) is 9.47 Å². The highest BCUT2D eigenvalue weighted by Crippen LogP contribution is 2.17. The summed E-state index contributed by atoms with van der Waals surface area (Å²) >= 11 is 0. The van der Waals surface area contributed by atoms with E-state index in [1.807, 2.05) is 0 Å². The maximum absolute atomic E-state index is 11.0. The van der Waals surface area contributed by atoms with Crippen molar-refractivity contribution >= 4 is 18.3 Å². The molecule has 0 spiro atoms. The molecule has 0 aromatic rings. The van der Waals surface area contributed by atoms with Gasteiger partial charge in [0, 0.05) is 12.2 Å². The van der Waals surface area contributed by atoms with Crippen LogP contribution < -0.4 is 0 Å². The zero-order valence-corrected chi connectivity index (χ0v) is 23.6. The summed E-state index contributed by atoms with van der Waals surface area (Å²) in [6, 6.07) is 0. The van der Waals surface area contributed by atoms with Crippen molar-refractivity contribution in [3.8, 4) is 0 Å². The molecule has 212 valence electrons. The Balaban J connectivity index is 1.92. The SMILES string of the molecule is C=CC(=O)OCCCCCCCCCCC[N+]1(CCCCCCCCCCCOC(=O)C=C)C=NCC1. The first-order chi connectivity index (χ1) is 18.1. The number of carbonyl (C=O) groups excluding carboxylic acids is 2. The number of carbonyl (C=O) groups is 2. The third kappa shape index (κ3) is 18.9. The van der Waals surface area contributed by atoms with Gasteiger partial charge in [-0.25, -0.2) is 14.6 Å². The van der Waals surface area contributed by atoms with Crippen molar-refractivity contribution in [2.24, 2.45) is 4.99 Å². The van der Waals surface area contributed by atoms with E-state index >= 15 is 0 Å². The minimum absolute atomic E-state index is 0.314. The van der Waals surface area contributed by atoms with E-state index < -0.39 is 0 Å². The molecule has 0 N–H and O–H groups in total. The number of rotatable bonds is 26. The van der Waals surface area contributed by atoms with Crippen LogP contribution in [0.1, 0.15) is 116 Å². The highest BCUT2D eigenvalue weighted by Gasteiger charge is 2.27. The number of nitrogens with zero attached hydrogens (tertiary/aromatic N) is 2. The van der Waals surface area contributed by atoms with Gasteiger partial charge in [0.25, 0.3) is 0 Å². The Kier molecular flexibility index (Phi) is 20.7. The summed E-state index contributed by atoms with van der Waals surface area (Å²) < 4.78 is 11.1. The first-order valence-corrected chi connectivity index (χ1v) is 15.1. The van der Waals surface area contributed by atoms with Crippen LogP contribution >= 0.6 is 0 Å². The van der Waals surface area contributed by atoms with Gasteiger partial charge in [0.2, 0.25) is 0 Å². The lowest BCUT2D eigenvalue weighted by Crippen LogP contribution is -2.46. The second-order valence-electron chi connectivity index (χ2n) is 10.5. The number of hydrogen-bond acceptors (Lipinski definition) is 5. The van der Waals surface area contributed by atoms with Crippen molar-refractivity contribution in [3.05, 3.63) is 25.3 Å². The van der Waals surface area contributed by atoms with Crippen LogP contribution in [0.5, 0.6) is 0 Å². The molecule has 0 saturated carbocycles. The molecular formula is C31H55N2O4+. The molecule has 6 heteroatoms. The smallest absolute Gasteiger partial charge is 0.330 e. The molecule has 0 aromatic heterocycles. The average molecular weight is 520 g/mol. The summed E-state index contributed by atoms with van der Waals surface area (Å²) in [5, 5.41) is 0. The first-order valence-electron chi connectivity index (χ1n) is 15.1. The Hall–Kier alpha value is -1.95. The zero-order valence-electron chi connectivity index (χ0n) is 23.6. The van der Waals surface area contributed by atoms with E-state index in [1.54, 1.807) is 0 Å². The molecule has 0 unspecified atom stereocenters. The first kappa shape index (κ1) is 33.1. The van der Waals surface area contributed by atoms with Gasteiger partial charge in [-0.15, -0.1) is 0 Å². The van der Waals surface area contributed by atoms with Crippen LogP contribution in [0, 0.1) is 0 Å². The largest absolute Gasteiger partial charge is 0.463 e. The summed E-state index contributed by atoms with van der Waals surface area (Å²) in [5.74, 6) is -0.628. The predicted molar refractivity (Wildman–Crippen MR) is 154 cm³/mol. The third-order valence-electron chi connectivity index (χ3n) is 7.32. The van der Waals surface area contributed by atoms with Gasteiger partial charge in [0.1, 0.15) is 6.54 Å². The second kappa shape index (κ2) is 23.2. The van der Waals surface area contributed by atoms with Crippen LogP contribution in [0.25, 0.3) is 0 Å². The van der Waals surface area contributed by atoms with Crippen LogP contribution in [0.15, 0.2) is 30.3 Å². The molecule has 0 atom stereocenters. The second-order valence-corrected chi connectivity index (χ2v) is 10.5. The molecule has 0 fully saturated rings. The maximum Gasteiger partial charge on any atom is 0.330 e. The summed E-state index contributed by atoms with van der Waals surface area (Å²) in [7, 11) is 0. The van der Waals surface area contributed by atoms with Gasteiger partial charge < -0.3 is 9.47 Å². The molecule has 0 amide bonds. The Morgan fingerprint density at radius 2 is 0.973 bits per heavy atom. The van der Waals surface area contributed by atoms with Gasteiger partial charge >= 0.3 is 11.9 Å². The van der Waals surface area contributed by atoms with Crippen LogP contribution in [-0.4, -0.2) is 62.2 Å². The van der Waals surface area contributed by atoms with Gasteiger partial charge in [-0.1, -0.05) is 90.2 Å². The lowest BCUT2D eigenvalue weighted by atomic mass is 10.1. The van der Waals surface area contributed by atoms with Crippen molar-refractivity contribution in [2.75, 3.05) is 39.4 Å². The van der Waals surface area contributed by atoms with E-state index in [2.05, 4.69) is 24.5 Å². The molecule has 1 aliphatic rings. The third-order valence-corrected chi connectivity index (χ3v) is 7.32. The van der Waals surface area contributed by atoms with Gasteiger partial charge in [-0.2, -0.15) is 0 Å². The van der Waals surface area contributed by atoms with Crippen LogP contribution in [0.4, 0.5) is 0 Å². The van der Waals surface area contributed by atoms with Crippen molar-refractivity contribution < 1.29 is 23.5 Å². The number of quaternary nitrogens is 1. The fourth-order valence-electron chi connectivity index (χ4n) is 4.99. The van der Waals surface area contributed by atoms with Crippen molar-refractivity contribution in [2.45, 2.75) is 116 Å². The van der Waals surface area contributed by atoms with E-state index in [1.165, 1.54) is 122 Å². The predicted octanol–water partition coefficient (Wildman–Crippen LogP) is 7.33. The number of hydrogen-bond donors (Lipinski definition) is 0. The normalized spacial score (nSPS) is 13.9. The maximum atomic E-state index is 11.0. The topological polar surface area (TPSA) is 65.0 Å². The zero-order chi connectivity index (χ0) is 26.9. The molecule has 1 rings (SSSR count). The summed E-state index contributed by atoms with van der Waals surface area (Å²) in [4.78, 5) is 26.5. The molecule has 0 bridgehead atoms. The number of esters is 2. The highest BCUT2D eigenvalue weighted by atomic mass is 16.5. The van der Waals surface area contributed by atoms with Crippen molar-refractivity contribution in [3.63, 3.8) is 0 Å². The molecule has 6 nitrogen and oxygen atoms in total.